The van der Waals surface area contributed by atoms with Gasteiger partial charge in [-0.3, -0.25) is 0 Å². The van der Waals surface area contributed by atoms with E-state index in [0.717, 1.165) is 0 Å². The maximum atomic E-state index is 8.24. The first-order valence-electron chi connectivity index (χ1n) is 9.64. The van der Waals surface area contributed by atoms with Crippen molar-refractivity contribution in [3.05, 3.63) is 56.4 Å². The van der Waals surface area contributed by atoms with E-state index in [-0.39, 0.29) is 21.7 Å². The third-order valence-electron chi connectivity index (χ3n) is 6.15. The van der Waals surface area contributed by atoms with Gasteiger partial charge >= 0.3 is 0 Å². The molecule has 0 heterocycles. The summed E-state index contributed by atoms with van der Waals surface area (Å²) >= 11 is 0. The topological polar surface area (TPSA) is 43.7 Å². The van der Waals surface area contributed by atoms with Gasteiger partial charge < -0.3 is 15.1 Å². The molecular formula is C24H41NO2Ti. The Morgan fingerprint density at radius 1 is 0.536 bits per heavy atom. The van der Waals surface area contributed by atoms with Gasteiger partial charge in [-0.15, -0.1) is 0 Å². The second kappa shape index (κ2) is 13.0. The minimum atomic E-state index is -1.20. The number of allylic oxidation sites excluding steroid dienone is 8. The molecule has 3 nitrogen and oxygen atoms in total. The molecule has 158 valence electrons. The quantitative estimate of drug-likeness (QED) is 0.462. The van der Waals surface area contributed by atoms with Crippen LogP contribution in [0.15, 0.2) is 44.6 Å². The molecule has 0 spiro atoms. The van der Waals surface area contributed by atoms with Crippen LogP contribution in [0.2, 0.25) is 0 Å². The average molecular weight is 423 g/mol. The number of nitrogens with zero attached hydrogens (tertiary/aromatic N) is 1. The molecule has 0 unspecified atom stereocenters. The summed E-state index contributed by atoms with van der Waals surface area (Å²) in [6.07, 6.45) is -1.20. The van der Waals surface area contributed by atoms with Gasteiger partial charge in [0.15, 0.2) is 6.29 Å². The standard InChI is InChI=1S/2C10H15.C4H11NO2.Ti/c2*1-6-7(2)9(4)10(5)8(6)3;1-5(2)3-4(6)7;/h2*1-5H3;4,6-7H,3H2,1-2H3;. The Kier molecular flexibility index (Phi) is 13.8. The van der Waals surface area contributed by atoms with Crippen LogP contribution in [0.25, 0.3) is 0 Å². The van der Waals surface area contributed by atoms with E-state index in [1.165, 1.54) is 56.4 Å². The molecule has 2 aliphatic carbocycles. The van der Waals surface area contributed by atoms with E-state index in [0.29, 0.717) is 6.54 Å². The summed E-state index contributed by atoms with van der Waals surface area (Å²) in [5.41, 5.74) is 11.7. The Bertz CT molecular complexity index is 548. The molecule has 2 aliphatic rings. The Morgan fingerprint density at radius 2 is 0.750 bits per heavy atom. The van der Waals surface area contributed by atoms with Gasteiger partial charge in [-0.25, -0.2) is 0 Å². The Morgan fingerprint density at radius 3 is 0.786 bits per heavy atom. The van der Waals surface area contributed by atoms with Gasteiger partial charge in [0.2, 0.25) is 0 Å². The van der Waals surface area contributed by atoms with Crippen molar-refractivity contribution < 1.29 is 31.9 Å². The Labute approximate surface area is 189 Å². The fourth-order valence-electron chi connectivity index (χ4n) is 3.14. The summed E-state index contributed by atoms with van der Waals surface area (Å²) in [4.78, 5) is 1.70. The molecule has 0 saturated heterocycles. The zero-order valence-corrected chi connectivity index (χ0v) is 21.7. The number of rotatable bonds is 2. The van der Waals surface area contributed by atoms with Gasteiger partial charge in [0.05, 0.1) is 0 Å². The van der Waals surface area contributed by atoms with Crippen molar-refractivity contribution >= 4 is 0 Å². The number of likely N-dealkylation sites (N-methyl/N-ethyl adjacent to an activating group) is 1. The van der Waals surface area contributed by atoms with Crippen LogP contribution in [0.3, 0.4) is 0 Å². The second-order valence-corrected chi connectivity index (χ2v) is 7.99. The van der Waals surface area contributed by atoms with Gasteiger partial charge in [-0.2, -0.15) is 0 Å². The van der Waals surface area contributed by atoms with E-state index >= 15 is 0 Å². The number of hydrogen-bond donors (Lipinski definition) is 2. The van der Waals surface area contributed by atoms with E-state index in [9.17, 15) is 0 Å². The summed E-state index contributed by atoms with van der Waals surface area (Å²) in [7, 11) is 3.55. The van der Waals surface area contributed by atoms with Crippen molar-refractivity contribution in [1.82, 2.24) is 4.90 Å². The SMILES string of the molecule is CN(C)CC(O)O.C[C]1C(C)=C(C)C(C)=C1C.C[C]1C(C)=C(C)C(C)=C1C.[Ti]. The van der Waals surface area contributed by atoms with Gasteiger partial charge in [0.25, 0.3) is 0 Å². The van der Waals surface area contributed by atoms with Crippen LogP contribution in [0.1, 0.15) is 69.2 Å². The maximum absolute atomic E-state index is 8.24. The van der Waals surface area contributed by atoms with Crippen molar-refractivity contribution in [2.45, 2.75) is 75.5 Å². The second-order valence-electron chi connectivity index (χ2n) is 7.99. The van der Waals surface area contributed by atoms with Crippen molar-refractivity contribution in [3.8, 4) is 0 Å². The fourth-order valence-corrected chi connectivity index (χ4v) is 3.14. The summed E-state index contributed by atoms with van der Waals surface area (Å²) in [6, 6.07) is 0. The molecule has 0 aliphatic heterocycles. The van der Waals surface area contributed by atoms with E-state index in [2.05, 4.69) is 69.2 Å². The molecule has 2 rings (SSSR count). The summed E-state index contributed by atoms with van der Waals surface area (Å²) in [5, 5.41) is 16.5. The first-order valence-corrected chi connectivity index (χ1v) is 9.64. The minimum Gasteiger partial charge on any atom is -0.367 e. The molecule has 0 atom stereocenters. The van der Waals surface area contributed by atoms with Crippen LogP contribution in [0, 0.1) is 11.8 Å². The average Bonchev–Trinajstić information content (AvgIpc) is 2.85. The van der Waals surface area contributed by atoms with Crippen molar-refractivity contribution in [2.75, 3.05) is 20.6 Å². The summed E-state index contributed by atoms with van der Waals surface area (Å²) in [6.45, 7) is 22.3. The molecule has 0 aromatic heterocycles. The predicted octanol–water partition coefficient (Wildman–Crippen LogP) is 5.39. The fraction of sp³-hybridized carbons (Fsp3) is 0.583. The molecule has 0 aromatic rings. The van der Waals surface area contributed by atoms with Crippen LogP contribution in [-0.2, 0) is 21.7 Å². The number of hydrogen-bond acceptors (Lipinski definition) is 3. The van der Waals surface area contributed by atoms with E-state index in [4.69, 9.17) is 10.2 Å². The molecule has 0 amide bonds. The Hall–Kier alpha value is -0.446. The third-order valence-corrected chi connectivity index (χ3v) is 6.15. The molecule has 2 N–H and O–H groups in total. The summed E-state index contributed by atoms with van der Waals surface area (Å²) < 4.78 is 0. The predicted molar refractivity (Wildman–Crippen MR) is 118 cm³/mol. The largest absolute Gasteiger partial charge is 0.367 e. The van der Waals surface area contributed by atoms with Crippen LogP contribution >= 0.6 is 0 Å². The van der Waals surface area contributed by atoms with E-state index < -0.39 is 6.29 Å². The van der Waals surface area contributed by atoms with Gasteiger partial charge in [0.1, 0.15) is 0 Å². The normalized spacial score (nSPS) is 18.0. The van der Waals surface area contributed by atoms with Crippen molar-refractivity contribution in [2.24, 2.45) is 0 Å². The zero-order chi connectivity index (χ0) is 21.6. The van der Waals surface area contributed by atoms with Gasteiger partial charge in [-0.05, 0) is 91.8 Å². The molecule has 28 heavy (non-hydrogen) atoms. The van der Waals surface area contributed by atoms with Crippen LogP contribution in [0.4, 0.5) is 0 Å². The monoisotopic (exact) mass is 423 g/mol. The third kappa shape index (κ3) is 8.12. The van der Waals surface area contributed by atoms with Crippen molar-refractivity contribution in [3.63, 3.8) is 0 Å². The first kappa shape index (κ1) is 29.8. The number of aliphatic hydroxyl groups is 2. The molecule has 0 saturated carbocycles. The maximum Gasteiger partial charge on any atom is 0.164 e. The first-order chi connectivity index (χ1) is 12.2. The van der Waals surface area contributed by atoms with Gasteiger partial charge in [0, 0.05) is 40.1 Å². The number of aliphatic hydroxyl groups excluding tert-OH is 1. The van der Waals surface area contributed by atoms with Crippen LogP contribution in [0.5, 0.6) is 0 Å². The Balaban J connectivity index is 0. The molecule has 0 fully saturated rings. The molecule has 0 bridgehead atoms. The van der Waals surface area contributed by atoms with Crippen molar-refractivity contribution in [1.29, 1.82) is 0 Å². The minimum absolute atomic E-state index is 0. The molecular weight excluding hydrogens is 382 g/mol. The smallest absolute Gasteiger partial charge is 0.164 e. The van der Waals surface area contributed by atoms with Gasteiger partial charge in [-0.1, -0.05) is 36.1 Å². The molecule has 2 radical (unpaired) electrons. The van der Waals surface area contributed by atoms with E-state index in [1.807, 2.05) is 0 Å². The van der Waals surface area contributed by atoms with Crippen LogP contribution in [-0.4, -0.2) is 42.0 Å². The van der Waals surface area contributed by atoms with E-state index in [1.54, 1.807) is 19.0 Å². The zero-order valence-electron chi connectivity index (χ0n) is 20.1. The van der Waals surface area contributed by atoms with Crippen LogP contribution < -0.4 is 0 Å². The molecule has 0 aromatic carbocycles. The molecule has 4 heteroatoms. The summed E-state index contributed by atoms with van der Waals surface area (Å²) in [5.74, 6) is 2.94.